The minimum atomic E-state index is 0.548. The van der Waals surface area contributed by atoms with E-state index < -0.39 is 0 Å². The highest BCUT2D eigenvalue weighted by Gasteiger charge is 2.13. The Kier molecular flexibility index (Phi) is 3.75. The van der Waals surface area contributed by atoms with Gasteiger partial charge in [0.2, 0.25) is 0 Å². The Morgan fingerprint density at radius 1 is 1.30 bits per heavy atom. The number of hydrogen-bond acceptors (Lipinski definition) is 6. The zero-order valence-corrected chi connectivity index (χ0v) is 11.8. The number of benzene rings is 1. The van der Waals surface area contributed by atoms with Crippen LogP contribution >= 0.6 is 0 Å². The van der Waals surface area contributed by atoms with Crippen LogP contribution in [0, 0.1) is 0 Å². The van der Waals surface area contributed by atoms with Crippen molar-refractivity contribution in [2.24, 2.45) is 0 Å². The molecule has 1 aliphatic heterocycles. The van der Waals surface area contributed by atoms with Gasteiger partial charge in [0, 0.05) is 39.3 Å². The predicted octanol–water partition coefficient (Wildman–Crippen LogP) is 1.07. The maximum atomic E-state index is 5.86. The highest BCUT2D eigenvalue weighted by molar-refractivity contribution is 5.86. The van der Waals surface area contributed by atoms with Gasteiger partial charge in [0.1, 0.15) is 5.52 Å². The lowest BCUT2D eigenvalue weighted by Crippen LogP contribution is -2.45. The van der Waals surface area contributed by atoms with Gasteiger partial charge in [-0.1, -0.05) is 6.07 Å². The van der Waals surface area contributed by atoms with E-state index >= 15 is 0 Å². The van der Waals surface area contributed by atoms with Crippen LogP contribution in [-0.2, 0) is 0 Å². The third-order valence-electron chi connectivity index (χ3n) is 3.75. The molecule has 1 aromatic heterocycles. The van der Waals surface area contributed by atoms with E-state index in [0.29, 0.717) is 11.7 Å². The first-order valence-electron chi connectivity index (χ1n) is 7.02. The van der Waals surface area contributed by atoms with E-state index in [1.54, 1.807) is 0 Å². The minimum Gasteiger partial charge on any atom is -0.423 e. The van der Waals surface area contributed by atoms with Crippen LogP contribution in [-0.4, -0.2) is 61.1 Å². The van der Waals surface area contributed by atoms with Crippen molar-refractivity contribution in [1.82, 2.24) is 14.8 Å². The Morgan fingerprint density at radius 3 is 2.85 bits per heavy atom. The van der Waals surface area contributed by atoms with Crippen LogP contribution < -0.4 is 11.1 Å². The third kappa shape index (κ3) is 2.86. The number of anilines is 2. The molecule has 20 heavy (non-hydrogen) atoms. The molecule has 0 saturated carbocycles. The zero-order chi connectivity index (χ0) is 13.9. The predicted molar refractivity (Wildman–Crippen MR) is 80.8 cm³/mol. The maximum Gasteiger partial charge on any atom is 0.295 e. The number of para-hydroxylation sites is 1. The molecule has 0 spiro atoms. The molecular formula is C14H21N5O. The Hall–Kier alpha value is -1.79. The highest BCUT2D eigenvalue weighted by atomic mass is 16.4. The number of nitrogens with one attached hydrogen (secondary N) is 1. The van der Waals surface area contributed by atoms with Gasteiger partial charge in [-0.2, -0.15) is 4.98 Å². The molecule has 1 aromatic carbocycles. The molecule has 0 unspecified atom stereocenters. The van der Waals surface area contributed by atoms with Gasteiger partial charge in [0.15, 0.2) is 5.58 Å². The third-order valence-corrected chi connectivity index (χ3v) is 3.75. The Balaban J connectivity index is 1.53. The number of nitrogens with zero attached hydrogens (tertiary/aromatic N) is 3. The van der Waals surface area contributed by atoms with E-state index in [9.17, 15) is 0 Å². The first-order valence-corrected chi connectivity index (χ1v) is 7.02. The van der Waals surface area contributed by atoms with Crippen LogP contribution in [0.25, 0.3) is 11.1 Å². The van der Waals surface area contributed by atoms with Crippen molar-refractivity contribution in [1.29, 1.82) is 0 Å². The molecule has 0 bridgehead atoms. The SMILES string of the molecule is CN1CCN(CCNc2nc3c(N)cccc3o2)CC1. The summed E-state index contributed by atoms with van der Waals surface area (Å²) in [6.45, 7) is 6.36. The van der Waals surface area contributed by atoms with Crippen molar-refractivity contribution < 1.29 is 4.42 Å². The summed E-state index contributed by atoms with van der Waals surface area (Å²) in [6, 6.07) is 6.13. The second kappa shape index (κ2) is 5.68. The van der Waals surface area contributed by atoms with E-state index in [4.69, 9.17) is 10.2 Å². The number of hydrogen-bond donors (Lipinski definition) is 2. The van der Waals surface area contributed by atoms with Gasteiger partial charge in [0.25, 0.3) is 6.01 Å². The van der Waals surface area contributed by atoms with Crippen LogP contribution in [0.15, 0.2) is 22.6 Å². The highest BCUT2D eigenvalue weighted by Crippen LogP contribution is 2.23. The Bertz CT molecular complexity index is 574. The summed E-state index contributed by atoms with van der Waals surface area (Å²) in [4.78, 5) is 9.18. The van der Waals surface area contributed by atoms with E-state index in [2.05, 4.69) is 27.1 Å². The van der Waals surface area contributed by atoms with Gasteiger partial charge in [-0.05, 0) is 19.2 Å². The molecule has 6 nitrogen and oxygen atoms in total. The van der Waals surface area contributed by atoms with Gasteiger partial charge in [-0.25, -0.2) is 0 Å². The van der Waals surface area contributed by atoms with E-state index in [1.807, 2.05) is 18.2 Å². The summed E-state index contributed by atoms with van der Waals surface area (Å²) in [5.41, 5.74) is 7.98. The normalized spacial score (nSPS) is 17.6. The molecule has 3 N–H and O–H groups in total. The van der Waals surface area contributed by atoms with Crippen molar-refractivity contribution in [3.63, 3.8) is 0 Å². The van der Waals surface area contributed by atoms with E-state index in [-0.39, 0.29) is 0 Å². The molecule has 1 aliphatic rings. The second-order valence-electron chi connectivity index (χ2n) is 5.28. The standard InChI is InChI=1S/C14H21N5O/c1-18-7-9-19(10-8-18)6-5-16-14-17-13-11(15)3-2-4-12(13)20-14/h2-4H,5-10,15H2,1H3,(H,16,17). The fourth-order valence-corrected chi connectivity index (χ4v) is 2.44. The molecule has 2 heterocycles. The van der Waals surface area contributed by atoms with Crippen molar-refractivity contribution >= 4 is 22.8 Å². The summed E-state index contributed by atoms with van der Waals surface area (Å²) in [7, 11) is 2.16. The van der Waals surface area contributed by atoms with Gasteiger partial charge in [-0.3, -0.25) is 4.90 Å². The average Bonchev–Trinajstić information content (AvgIpc) is 2.85. The van der Waals surface area contributed by atoms with Crippen LogP contribution in [0.3, 0.4) is 0 Å². The smallest absolute Gasteiger partial charge is 0.295 e. The zero-order valence-electron chi connectivity index (χ0n) is 11.8. The molecule has 1 saturated heterocycles. The van der Waals surface area contributed by atoms with Crippen LogP contribution in [0.1, 0.15) is 0 Å². The summed E-state index contributed by atoms with van der Waals surface area (Å²) in [5.74, 6) is 0. The molecule has 0 amide bonds. The van der Waals surface area contributed by atoms with Crippen molar-refractivity contribution in [3.05, 3.63) is 18.2 Å². The molecule has 108 valence electrons. The summed E-state index contributed by atoms with van der Waals surface area (Å²) in [5, 5.41) is 3.23. The largest absolute Gasteiger partial charge is 0.423 e. The first-order chi connectivity index (χ1) is 9.72. The van der Waals surface area contributed by atoms with Crippen LogP contribution in [0.2, 0.25) is 0 Å². The number of nitrogen functional groups attached to an aromatic ring is 1. The number of rotatable bonds is 4. The lowest BCUT2D eigenvalue weighted by atomic mass is 10.3. The summed E-state index contributed by atoms with van der Waals surface area (Å²) >= 11 is 0. The van der Waals surface area contributed by atoms with Gasteiger partial charge in [-0.15, -0.1) is 0 Å². The molecule has 2 aromatic rings. The van der Waals surface area contributed by atoms with Gasteiger partial charge in [0.05, 0.1) is 5.69 Å². The summed E-state index contributed by atoms with van der Waals surface area (Å²) in [6.07, 6.45) is 0. The average molecular weight is 275 g/mol. The van der Waals surface area contributed by atoms with Crippen LogP contribution in [0.5, 0.6) is 0 Å². The fourth-order valence-electron chi connectivity index (χ4n) is 2.44. The molecule has 6 heteroatoms. The molecule has 3 rings (SSSR count). The number of nitrogens with two attached hydrogens (primary N) is 1. The monoisotopic (exact) mass is 275 g/mol. The molecule has 0 atom stereocenters. The quantitative estimate of drug-likeness (QED) is 0.813. The number of likely N-dealkylation sites (N-methyl/N-ethyl adjacent to an activating group) is 1. The van der Waals surface area contributed by atoms with Gasteiger partial charge >= 0.3 is 0 Å². The number of piperazine rings is 1. The molecule has 0 aliphatic carbocycles. The maximum absolute atomic E-state index is 5.86. The first kappa shape index (κ1) is 13.2. The Morgan fingerprint density at radius 2 is 2.10 bits per heavy atom. The van der Waals surface area contributed by atoms with Crippen molar-refractivity contribution in [3.8, 4) is 0 Å². The molecule has 1 fully saturated rings. The molecule has 0 radical (unpaired) electrons. The summed E-state index contributed by atoms with van der Waals surface area (Å²) < 4.78 is 5.63. The number of fused-ring (bicyclic) bond motifs is 1. The second-order valence-corrected chi connectivity index (χ2v) is 5.28. The van der Waals surface area contributed by atoms with Crippen LogP contribution in [0.4, 0.5) is 11.7 Å². The van der Waals surface area contributed by atoms with E-state index in [0.717, 1.165) is 50.4 Å². The minimum absolute atomic E-state index is 0.548. The van der Waals surface area contributed by atoms with Gasteiger partial charge < -0.3 is 20.4 Å². The van der Waals surface area contributed by atoms with Crippen molar-refractivity contribution in [2.75, 3.05) is 57.4 Å². The number of oxazole rings is 1. The topological polar surface area (TPSA) is 70.6 Å². The lowest BCUT2D eigenvalue weighted by molar-refractivity contribution is 0.158. The lowest BCUT2D eigenvalue weighted by Gasteiger charge is -2.32. The van der Waals surface area contributed by atoms with Crippen molar-refractivity contribution in [2.45, 2.75) is 0 Å². The Labute approximate surface area is 118 Å². The fraction of sp³-hybridized carbons (Fsp3) is 0.500. The number of aromatic nitrogens is 1. The molecular weight excluding hydrogens is 254 g/mol. The van der Waals surface area contributed by atoms with E-state index in [1.165, 1.54) is 0 Å².